The summed E-state index contributed by atoms with van der Waals surface area (Å²) >= 11 is 0. The van der Waals surface area contributed by atoms with Crippen LogP contribution in [0.2, 0.25) is 0 Å². The van der Waals surface area contributed by atoms with Crippen molar-refractivity contribution < 1.29 is 4.79 Å². The molecule has 2 amide bonds. The van der Waals surface area contributed by atoms with E-state index in [0.29, 0.717) is 6.54 Å². The van der Waals surface area contributed by atoms with Gasteiger partial charge in [0, 0.05) is 19.2 Å². The van der Waals surface area contributed by atoms with E-state index in [-0.39, 0.29) is 6.03 Å². The highest BCUT2D eigenvalue weighted by atomic mass is 31.0. The first kappa shape index (κ1) is 9.43. The number of aromatic nitrogens is 2. The van der Waals surface area contributed by atoms with E-state index in [4.69, 9.17) is 5.84 Å². The van der Waals surface area contributed by atoms with E-state index in [2.05, 4.69) is 19.8 Å². The summed E-state index contributed by atoms with van der Waals surface area (Å²) in [5, 5.41) is 4.31. The lowest BCUT2D eigenvalue weighted by Crippen LogP contribution is -2.42. The number of nitrogens with zero attached hydrogens (tertiary/aromatic N) is 3. The highest BCUT2D eigenvalue weighted by Crippen LogP contribution is 2.26. The molecule has 3 N–H and O–H groups in total. The predicted octanol–water partition coefficient (Wildman–Crippen LogP) is -0.339. The number of nitrogens with one attached hydrogen (secondary N) is 1. The third-order valence-corrected chi connectivity index (χ3v) is 2.61. The molecule has 14 heavy (non-hydrogen) atoms. The summed E-state index contributed by atoms with van der Waals surface area (Å²) in [6.45, 7) is 0.651. The molecule has 76 valence electrons. The van der Waals surface area contributed by atoms with Crippen molar-refractivity contribution in [3.8, 4) is 0 Å². The van der Waals surface area contributed by atoms with Crippen molar-refractivity contribution in [3.63, 3.8) is 0 Å². The highest BCUT2D eigenvalue weighted by molar-refractivity contribution is 7.15. The van der Waals surface area contributed by atoms with Gasteiger partial charge in [0.15, 0.2) is 0 Å². The lowest BCUT2D eigenvalue weighted by Gasteiger charge is -2.14. The summed E-state index contributed by atoms with van der Waals surface area (Å²) < 4.78 is 1.78. The first-order valence-electron chi connectivity index (χ1n) is 4.30. The third kappa shape index (κ3) is 1.36. The van der Waals surface area contributed by atoms with Crippen LogP contribution < -0.4 is 16.2 Å². The molecule has 1 aliphatic heterocycles. The Balaban J connectivity index is 2.28. The molecule has 0 bridgehead atoms. The van der Waals surface area contributed by atoms with Gasteiger partial charge in [-0.3, -0.25) is 15.0 Å². The van der Waals surface area contributed by atoms with Gasteiger partial charge < -0.3 is 0 Å². The van der Waals surface area contributed by atoms with Gasteiger partial charge in [0.05, 0.1) is 17.7 Å². The molecule has 0 aliphatic carbocycles. The second-order valence-electron chi connectivity index (χ2n) is 3.03. The minimum absolute atomic E-state index is 0.285. The van der Waals surface area contributed by atoms with Crippen molar-refractivity contribution in [2.75, 3.05) is 11.4 Å². The minimum Gasteiger partial charge on any atom is -0.290 e. The molecule has 1 atom stereocenters. The Labute approximate surface area is 83.6 Å². The number of hydrogen-bond donors (Lipinski definition) is 2. The molecular weight excluding hydrogens is 201 g/mol. The van der Waals surface area contributed by atoms with Crippen LogP contribution in [0.25, 0.3) is 0 Å². The Morgan fingerprint density at radius 2 is 2.57 bits per heavy atom. The molecule has 0 fully saturated rings. The van der Waals surface area contributed by atoms with Gasteiger partial charge >= 0.3 is 6.03 Å². The topological polar surface area (TPSA) is 76.2 Å². The molecule has 2 rings (SSSR count). The zero-order valence-electron chi connectivity index (χ0n) is 7.60. The van der Waals surface area contributed by atoms with E-state index < -0.39 is 0 Å². The number of fused-ring (bicyclic) bond motifs is 1. The van der Waals surface area contributed by atoms with Gasteiger partial charge in [-0.25, -0.2) is 10.6 Å². The quantitative estimate of drug-likeness (QED) is 0.290. The van der Waals surface area contributed by atoms with Crippen LogP contribution in [-0.2, 0) is 12.7 Å². The first-order chi connectivity index (χ1) is 6.76. The molecule has 1 aromatic rings. The Morgan fingerprint density at radius 1 is 1.79 bits per heavy atom. The molecular formula is C7H12N5OP. The maximum absolute atomic E-state index is 11.3. The number of nitrogens with two attached hydrogens (primary N) is 1. The molecule has 1 aliphatic rings. The van der Waals surface area contributed by atoms with Crippen LogP contribution in [-0.4, -0.2) is 22.4 Å². The van der Waals surface area contributed by atoms with Gasteiger partial charge in [-0.2, -0.15) is 5.10 Å². The number of carbonyl (C=O) groups is 1. The first-order valence-corrected chi connectivity index (χ1v) is 5.12. The number of rotatable bonds is 1. The van der Waals surface area contributed by atoms with Gasteiger partial charge in [-0.1, -0.05) is 0 Å². The molecule has 0 spiro atoms. The Kier molecular flexibility index (Phi) is 2.39. The number of anilines is 1. The summed E-state index contributed by atoms with van der Waals surface area (Å²) in [4.78, 5) is 12.9. The van der Waals surface area contributed by atoms with Crippen molar-refractivity contribution in [2.24, 2.45) is 5.84 Å². The van der Waals surface area contributed by atoms with E-state index in [9.17, 15) is 4.79 Å². The number of carbonyl (C=O) groups excluding carboxylic acids is 1. The van der Waals surface area contributed by atoms with Gasteiger partial charge in [0.2, 0.25) is 0 Å². The number of hydrogen-bond acceptors (Lipinski definition) is 3. The molecule has 0 saturated carbocycles. The van der Waals surface area contributed by atoms with Crippen molar-refractivity contribution in [1.82, 2.24) is 15.2 Å². The molecule has 2 heterocycles. The highest BCUT2D eigenvalue weighted by Gasteiger charge is 2.26. The SMILES string of the molecule is NNC(=O)N1CCc2nn(CP)cc21. The van der Waals surface area contributed by atoms with Gasteiger partial charge in [0.25, 0.3) is 0 Å². The largest absolute Gasteiger partial charge is 0.336 e. The number of hydrazine groups is 1. The monoisotopic (exact) mass is 213 g/mol. The normalized spacial score (nSPS) is 14.3. The van der Waals surface area contributed by atoms with Crippen LogP contribution in [0.1, 0.15) is 5.69 Å². The van der Waals surface area contributed by atoms with Crippen LogP contribution in [0.4, 0.5) is 10.5 Å². The van der Waals surface area contributed by atoms with Crippen molar-refractivity contribution in [3.05, 3.63) is 11.9 Å². The lowest BCUT2D eigenvalue weighted by molar-refractivity contribution is 0.247. The number of amides is 2. The Morgan fingerprint density at radius 3 is 3.21 bits per heavy atom. The van der Waals surface area contributed by atoms with Crippen LogP contribution >= 0.6 is 9.24 Å². The van der Waals surface area contributed by atoms with Gasteiger partial charge in [-0.05, 0) is 0 Å². The smallest absolute Gasteiger partial charge is 0.290 e. The maximum atomic E-state index is 11.3. The molecule has 1 unspecified atom stereocenters. The summed E-state index contributed by atoms with van der Waals surface area (Å²) in [7, 11) is 2.58. The fourth-order valence-electron chi connectivity index (χ4n) is 1.57. The summed E-state index contributed by atoms with van der Waals surface area (Å²) in [6, 6.07) is -0.285. The minimum atomic E-state index is -0.285. The van der Waals surface area contributed by atoms with Crippen molar-refractivity contribution in [2.45, 2.75) is 12.7 Å². The molecule has 1 aromatic heterocycles. The summed E-state index contributed by atoms with van der Waals surface area (Å²) in [5.74, 6) is 5.08. The van der Waals surface area contributed by atoms with Crippen LogP contribution in [0, 0.1) is 0 Å². The van der Waals surface area contributed by atoms with Crippen LogP contribution in [0.15, 0.2) is 6.20 Å². The summed E-state index contributed by atoms with van der Waals surface area (Å²) in [5.41, 5.74) is 3.93. The van der Waals surface area contributed by atoms with Gasteiger partial charge in [-0.15, -0.1) is 9.24 Å². The Bertz CT molecular complexity index is 363. The molecule has 0 saturated heterocycles. The molecule has 0 aromatic carbocycles. The lowest BCUT2D eigenvalue weighted by atomic mass is 10.3. The van der Waals surface area contributed by atoms with E-state index in [1.165, 1.54) is 0 Å². The van der Waals surface area contributed by atoms with Crippen LogP contribution in [0.5, 0.6) is 0 Å². The zero-order valence-corrected chi connectivity index (χ0v) is 8.76. The molecule has 6 nitrogen and oxygen atoms in total. The standard InChI is InChI=1S/C7H12N5OP/c8-9-7(13)12-2-1-5-6(12)3-11(4-14)10-5/h3H,1-2,4,8,14H2,(H,9,13). The average molecular weight is 213 g/mol. The maximum Gasteiger partial charge on any atom is 0.336 e. The van der Waals surface area contributed by atoms with Crippen molar-refractivity contribution in [1.29, 1.82) is 0 Å². The second-order valence-corrected chi connectivity index (χ2v) is 3.40. The average Bonchev–Trinajstić information content (AvgIpc) is 2.74. The predicted molar refractivity (Wildman–Crippen MR) is 55.7 cm³/mol. The second kappa shape index (κ2) is 3.55. The molecule has 7 heteroatoms. The van der Waals surface area contributed by atoms with E-state index in [0.717, 1.165) is 24.1 Å². The van der Waals surface area contributed by atoms with Crippen LogP contribution in [0.3, 0.4) is 0 Å². The molecule has 0 radical (unpaired) electrons. The van der Waals surface area contributed by atoms with Gasteiger partial charge in [0.1, 0.15) is 0 Å². The zero-order chi connectivity index (χ0) is 10.1. The van der Waals surface area contributed by atoms with Crippen molar-refractivity contribution >= 4 is 21.0 Å². The van der Waals surface area contributed by atoms with E-state index >= 15 is 0 Å². The Hall–Kier alpha value is -1.13. The fourth-order valence-corrected chi connectivity index (χ4v) is 1.76. The van der Waals surface area contributed by atoms with E-state index in [1.54, 1.807) is 9.58 Å². The van der Waals surface area contributed by atoms with E-state index in [1.807, 2.05) is 6.20 Å². The summed E-state index contributed by atoms with van der Waals surface area (Å²) in [6.07, 6.45) is 3.37. The number of urea groups is 1. The third-order valence-electron chi connectivity index (χ3n) is 2.23. The fraction of sp³-hybridized carbons (Fsp3) is 0.429.